The fourth-order valence-corrected chi connectivity index (χ4v) is 2.48. The number of nitrogens with zero attached hydrogens (tertiary/aromatic N) is 1. The molecule has 2 aromatic carbocycles. The van der Waals surface area contributed by atoms with Gasteiger partial charge >= 0.3 is 0 Å². The Balaban J connectivity index is 1.73. The Morgan fingerprint density at radius 1 is 1.04 bits per heavy atom. The Morgan fingerprint density at radius 3 is 2.59 bits per heavy atom. The first-order chi connectivity index (χ1) is 13.0. The number of amides is 1. The third-order valence-electron chi connectivity index (χ3n) is 4.01. The second-order valence-electron chi connectivity index (χ2n) is 5.89. The Labute approximate surface area is 154 Å². The quantitative estimate of drug-likeness (QED) is 0.650. The smallest absolute Gasteiger partial charge is 0.270 e. The second-order valence-corrected chi connectivity index (χ2v) is 5.89. The first-order valence-corrected chi connectivity index (χ1v) is 8.15. The zero-order valence-corrected chi connectivity index (χ0v) is 14.4. The topological polar surface area (TPSA) is 54.0 Å². The minimum atomic E-state index is -1.56. The molecule has 1 aromatic heterocycles. The summed E-state index contributed by atoms with van der Waals surface area (Å²) < 4.78 is 40.1. The van der Waals surface area contributed by atoms with E-state index in [9.17, 15) is 18.0 Å². The molecule has 3 aromatic rings. The highest BCUT2D eigenvalue weighted by molar-refractivity contribution is 5.93. The second kappa shape index (κ2) is 7.90. The summed E-state index contributed by atoms with van der Waals surface area (Å²) in [6.07, 6.45) is 1.36. The molecule has 0 saturated carbocycles. The molecule has 0 aliphatic heterocycles. The molecule has 0 fully saturated rings. The lowest BCUT2D eigenvalue weighted by atomic mass is 10.1. The third kappa shape index (κ3) is 4.25. The van der Waals surface area contributed by atoms with Crippen molar-refractivity contribution in [3.05, 3.63) is 89.0 Å². The highest BCUT2D eigenvalue weighted by atomic mass is 19.2. The van der Waals surface area contributed by atoms with E-state index < -0.39 is 23.4 Å². The average Bonchev–Trinajstić information content (AvgIpc) is 2.68. The molecule has 0 bridgehead atoms. The van der Waals surface area contributed by atoms with E-state index in [1.165, 1.54) is 18.3 Å². The van der Waals surface area contributed by atoms with Gasteiger partial charge in [0.2, 0.25) is 0 Å². The predicted molar refractivity (Wildman–Crippen MR) is 96.2 cm³/mol. The molecule has 138 valence electrons. The minimum absolute atomic E-state index is 0.108. The highest BCUT2D eigenvalue weighted by Crippen LogP contribution is 2.23. The van der Waals surface area contributed by atoms with Gasteiger partial charge in [0.05, 0.1) is 5.69 Å². The van der Waals surface area contributed by atoms with Gasteiger partial charge in [0, 0.05) is 18.4 Å². The molecule has 0 radical (unpaired) electrons. The number of pyridine rings is 1. The number of halogens is 3. The Bertz CT molecular complexity index is 992. The summed E-state index contributed by atoms with van der Waals surface area (Å²) in [5.74, 6) is -4.58. The van der Waals surface area contributed by atoms with Crippen LogP contribution in [0, 0.1) is 24.4 Å². The van der Waals surface area contributed by atoms with Crippen molar-refractivity contribution in [3.8, 4) is 0 Å². The summed E-state index contributed by atoms with van der Waals surface area (Å²) in [5.41, 5.74) is 2.21. The summed E-state index contributed by atoms with van der Waals surface area (Å²) in [6, 6.07) is 12.4. The third-order valence-corrected chi connectivity index (χ3v) is 4.01. The molecular formula is C20H16F3N3O. The minimum Gasteiger partial charge on any atom is -0.353 e. The van der Waals surface area contributed by atoms with Crippen LogP contribution in [0.2, 0.25) is 0 Å². The van der Waals surface area contributed by atoms with Gasteiger partial charge in [-0.05, 0) is 42.3 Å². The van der Waals surface area contributed by atoms with Gasteiger partial charge in [0.15, 0.2) is 17.5 Å². The number of carbonyl (C=O) groups is 1. The molecule has 0 aliphatic carbocycles. The van der Waals surface area contributed by atoms with Gasteiger partial charge in [-0.2, -0.15) is 0 Å². The van der Waals surface area contributed by atoms with Crippen molar-refractivity contribution >= 4 is 17.3 Å². The Kier molecular flexibility index (Phi) is 5.40. The zero-order valence-electron chi connectivity index (χ0n) is 14.4. The maximum atomic E-state index is 13.8. The lowest BCUT2D eigenvalue weighted by molar-refractivity contribution is 0.0946. The van der Waals surface area contributed by atoms with E-state index in [1.54, 1.807) is 0 Å². The molecule has 4 nitrogen and oxygen atoms in total. The van der Waals surface area contributed by atoms with Crippen molar-refractivity contribution < 1.29 is 18.0 Å². The molecule has 0 unspecified atom stereocenters. The zero-order chi connectivity index (χ0) is 19.4. The van der Waals surface area contributed by atoms with Crippen LogP contribution in [0.1, 0.15) is 21.6 Å². The summed E-state index contributed by atoms with van der Waals surface area (Å²) in [7, 11) is 0. The summed E-state index contributed by atoms with van der Waals surface area (Å²) in [6.45, 7) is 2.28. The lowest BCUT2D eigenvalue weighted by Crippen LogP contribution is -2.24. The molecule has 0 aliphatic rings. The number of benzene rings is 2. The Hall–Kier alpha value is -3.35. The number of hydrogen-bond donors (Lipinski definition) is 2. The van der Waals surface area contributed by atoms with E-state index >= 15 is 0 Å². The number of rotatable bonds is 5. The van der Waals surface area contributed by atoms with Crippen molar-refractivity contribution in [2.24, 2.45) is 0 Å². The summed E-state index contributed by atoms with van der Waals surface area (Å²) in [4.78, 5) is 16.3. The molecule has 0 atom stereocenters. The predicted octanol–water partition coefficient (Wildman–Crippen LogP) is 4.48. The van der Waals surface area contributed by atoms with Crippen molar-refractivity contribution in [3.63, 3.8) is 0 Å². The monoisotopic (exact) mass is 371 g/mol. The Morgan fingerprint density at radius 2 is 1.81 bits per heavy atom. The van der Waals surface area contributed by atoms with Crippen LogP contribution in [0.3, 0.4) is 0 Å². The number of aryl methyl sites for hydroxylation is 1. The standard InChI is InChI=1S/C20H16F3N3O/c1-12-4-2-3-5-13(12)11-25-20(27)17-10-14(8-9-24-17)26-16-7-6-15(21)18(22)19(16)23/h2-10H,11H2,1H3,(H,24,26)(H,25,27). The van der Waals surface area contributed by atoms with Crippen LogP contribution >= 0.6 is 0 Å². The first-order valence-electron chi connectivity index (χ1n) is 8.15. The van der Waals surface area contributed by atoms with Crippen LogP contribution in [0.4, 0.5) is 24.5 Å². The molecule has 3 rings (SSSR count). The molecule has 1 amide bonds. The fraction of sp³-hybridized carbons (Fsp3) is 0.100. The van der Waals surface area contributed by atoms with Gasteiger partial charge in [-0.1, -0.05) is 24.3 Å². The van der Waals surface area contributed by atoms with E-state index in [2.05, 4.69) is 15.6 Å². The fourth-order valence-electron chi connectivity index (χ4n) is 2.48. The van der Waals surface area contributed by atoms with E-state index in [1.807, 2.05) is 31.2 Å². The molecule has 0 saturated heterocycles. The van der Waals surface area contributed by atoms with Crippen LogP contribution < -0.4 is 10.6 Å². The molecular weight excluding hydrogens is 355 g/mol. The molecule has 0 spiro atoms. The summed E-state index contributed by atoms with van der Waals surface area (Å²) >= 11 is 0. The largest absolute Gasteiger partial charge is 0.353 e. The first kappa shape index (κ1) is 18.4. The van der Waals surface area contributed by atoms with Gasteiger partial charge in [-0.15, -0.1) is 0 Å². The van der Waals surface area contributed by atoms with Crippen LogP contribution in [0.25, 0.3) is 0 Å². The number of aromatic nitrogens is 1. The maximum Gasteiger partial charge on any atom is 0.270 e. The molecule has 7 heteroatoms. The normalized spacial score (nSPS) is 10.5. The van der Waals surface area contributed by atoms with Crippen molar-refractivity contribution in [1.29, 1.82) is 0 Å². The summed E-state index contributed by atoms with van der Waals surface area (Å²) in [5, 5.41) is 5.38. The van der Waals surface area contributed by atoms with Gasteiger partial charge in [-0.25, -0.2) is 13.2 Å². The molecule has 27 heavy (non-hydrogen) atoms. The van der Waals surface area contributed by atoms with Gasteiger partial charge in [0.1, 0.15) is 5.69 Å². The van der Waals surface area contributed by atoms with Crippen molar-refractivity contribution in [1.82, 2.24) is 10.3 Å². The van der Waals surface area contributed by atoms with Crippen molar-refractivity contribution in [2.75, 3.05) is 5.32 Å². The number of carbonyl (C=O) groups excluding carboxylic acids is 1. The average molecular weight is 371 g/mol. The van der Waals surface area contributed by atoms with E-state index in [0.29, 0.717) is 12.2 Å². The van der Waals surface area contributed by atoms with Crippen LogP contribution in [-0.4, -0.2) is 10.9 Å². The van der Waals surface area contributed by atoms with Gasteiger partial charge in [0.25, 0.3) is 5.91 Å². The number of anilines is 2. The highest BCUT2D eigenvalue weighted by Gasteiger charge is 2.14. The maximum absolute atomic E-state index is 13.8. The molecule has 2 N–H and O–H groups in total. The molecule has 1 heterocycles. The van der Waals surface area contributed by atoms with Crippen LogP contribution in [-0.2, 0) is 6.54 Å². The van der Waals surface area contributed by atoms with Gasteiger partial charge < -0.3 is 10.6 Å². The van der Waals surface area contributed by atoms with Gasteiger partial charge in [-0.3, -0.25) is 9.78 Å². The van der Waals surface area contributed by atoms with Crippen LogP contribution in [0.5, 0.6) is 0 Å². The van der Waals surface area contributed by atoms with E-state index in [0.717, 1.165) is 23.3 Å². The van der Waals surface area contributed by atoms with Crippen molar-refractivity contribution in [2.45, 2.75) is 13.5 Å². The van der Waals surface area contributed by atoms with Crippen LogP contribution in [0.15, 0.2) is 54.7 Å². The lowest BCUT2D eigenvalue weighted by Gasteiger charge is -2.10. The number of nitrogens with one attached hydrogen (secondary N) is 2. The van der Waals surface area contributed by atoms with E-state index in [4.69, 9.17) is 0 Å². The number of hydrogen-bond acceptors (Lipinski definition) is 3. The SMILES string of the molecule is Cc1ccccc1CNC(=O)c1cc(Nc2ccc(F)c(F)c2F)ccn1. The van der Waals surface area contributed by atoms with E-state index in [-0.39, 0.29) is 11.4 Å².